The number of benzene rings is 1. The molecule has 3 aliphatic rings. The first kappa shape index (κ1) is 15.4. The first-order valence-electron chi connectivity index (χ1n) is 8.36. The Morgan fingerprint density at radius 1 is 1.29 bits per heavy atom. The molecule has 1 unspecified atom stereocenters. The van der Waals surface area contributed by atoms with Crippen molar-refractivity contribution >= 4 is 11.6 Å². The molecule has 2 bridgehead atoms. The fourth-order valence-electron chi connectivity index (χ4n) is 4.78. The number of ketones is 2. The molecule has 0 N–H and O–H groups in total. The van der Waals surface area contributed by atoms with Crippen LogP contribution in [0.1, 0.15) is 43.7 Å². The summed E-state index contributed by atoms with van der Waals surface area (Å²) in [5.41, 5.74) is 0.996. The van der Waals surface area contributed by atoms with Crippen LogP contribution in [0.25, 0.3) is 0 Å². The van der Waals surface area contributed by atoms with Crippen molar-refractivity contribution in [1.82, 2.24) is 0 Å². The van der Waals surface area contributed by atoms with Crippen LogP contribution in [0.15, 0.2) is 18.2 Å². The van der Waals surface area contributed by atoms with Gasteiger partial charge in [0, 0.05) is 11.1 Å². The Bertz CT molecular complexity index is 800. The second-order valence-electron chi connectivity index (χ2n) is 7.08. The van der Waals surface area contributed by atoms with Gasteiger partial charge < -0.3 is 9.47 Å². The van der Waals surface area contributed by atoms with Gasteiger partial charge >= 0.3 is 0 Å². The molecule has 0 radical (unpaired) electrons. The summed E-state index contributed by atoms with van der Waals surface area (Å²) in [7, 11) is 1.56. The highest BCUT2D eigenvalue weighted by Gasteiger charge is 2.68. The van der Waals surface area contributed by atoms with Crippen LogP contribution in [0.3, 0.4) is 0 Å². The minimum Gasteiger partial charge on any atom is -0.496 e. The number of rotatable bonds is 2. The highest BCUT2D eigenvalue weighted by Crippen LogP contribution is 2.58. The van der Waals surface area contributed by atoms with Gasteiger partial charge in [-0.2, -0.15) is 0 Å². The first-order valence-corrected chi connectivity index (χ1v) is 8.36. The van der Waals surface area contributed by atoms with Crippen molar-refractivity contribution in [3.8, 4) is 17.6 Å². The van der Waals surface area contributed by atoms with Gasteiger partial charge in [-0.05, 0) is 38.8 Å². The molecule has 1 aromatic rings. The molecule has 4 rings (SSSR count). The van der Waals surface area contributed by atoms with E-state index in [1.807, 2.05) is 19.1 Å². The van der Waals surface area contributed by atoms with Gasteiger partial charge in [0.2, 0.25) is 0 Å². The third-order valence-corrected chi connectivity index (χ3v) is 5.78. The molecular weight excluding hydrogens is 304 g/mol. The standard InChI is InChI=1S/C20H20O4/c1-4-5-11-6-7-12(14(10-11)23-3)15-18(21)16-13-8-9-20(2,24-13)17(16)19(15)22/h6-7,10,13,15-17H,8-9H2,1-3H3/t13-,15?,16-,17+,20+/m0/s1. The second kappa shape index (κ2) is 5.19. The van der Waals surface area contributed by atoms with Crippen molar-refractivity contribution in [2.24, 2.45) is 11.8 Å². The van der Waals surface area contributed by atoms with Gasteiger partial charge in [-0.15, -0.1) is 5.92 Å². The highest BCUT2D eigenvalue weighted by molar-refractivity contribution is 6.17. The quantitative estimate of drug-likeness (QED) is 0.619. The van der Waals surface area contributed by atoms with Gasteiger partial charge in [0.1, 0.15) is 11.7 Å². The average Bonchev–Trinajstić information content (AvgIpc) is 3.17. The van der Waals surface area contributed by atoms with Crippen LogP contribution in [0, 0.1) is 23.7 Å². The lowest BCUT2D eigenvalue weighted by molar-refractivity contribution is -0.129. The third-order valence-electron chi connectivity index (χ3n) is 5.78. The number of carbonyl (C=O) groups is 2. The van der Waals surface area contributed by atoms with Crippen LogP contribution < -0.4 is 4.74 Å². The number of Topliss-reactive ketones (excluding diaryl/α,β-unsaturated/α-hetero) is 2. The van der Waals surface area contributed by atoms with E-state index in [0.717, 1.165) is 18.4 Å². The van der Waals surface area contributed by atoms with Gasteiger partial charge in [-0.3, -0.25) is 9.59 Å². The van der Waals surface area contributed by atoms with Crippen molar-refractivity contribution in [2.75, 3.05) is 7.11 Å². The molecule has 1 aliphatic carbocycles. The van der Waals surface area contributed by atoms with Gasteiger partial charge in [-0.1, -0.05) is 12.0 Å². The van der Waals surface area contributed by atoms with E-state index in [0.29, 0.717) is 11.3 Å². The summed E-state index contributed by atoms with van der Waals surface area (Å²) < 4.78 is 11.4. The minimum absolute atomic E-state index is 0.00829. The molecule has 124 valence electrons. The van der Waals surface area contributed by atoms with E-state index in [2.05, 4.69) is 11.8 Å². The van der Waals surface area contributed by atoms with Crippen molar-refractivity contribution < 1.29 is 19.1 Å². The van der Waals surface area contributed by atoms with Gasteiger partial charge in [-0.25, -0.2) is 0 Å². The summed E-state index contributed by atoms with van der Waals surface area (Å²) in [6.07, 6.45) is 1.62. The molecule has 24 heavy (non-hydrogen) atoms. The van der Waals surface area contributed by atoms with E-state index < -0.39 is 11.5 Å². The van der Waals surface area contributed by atoms with Crippen molar-refractivity contribution in [2.45, 2.75) is 44.3 Å². The lowest BCUT2D eigenvalue weighted by atomic mass is 9.74. The monoisotopic (exact) mass is 324 g/mol. The van der Waals surface area contributed by atoms with Gasteiger partial charge in [0.05, 0.1) is 30.7 Å². The van der Waals surface area contributed by atoms with Crippen LogP contribution in [0.5, 0.6) is 5.75 Å². The Balaban J connectivity index is 1.77. The zero-order valence-corrected chi connectivity index (χ0v) is 14.1. The topological polar surface area (TPSA) is 52.6 Å². The maximum Gasteiger partial charge on any atom is 0.154 e. The van der Waals surface area contributed by atoms with E-state index in [1.165, 1.54) is 0 Å². The van der Waals surface area contributed by atoms with Crippen LogP contribution in [-0.2, 0) is 14.3 Å². The molecular formula is C20H20O4. The molecule has 0 amide bonds. The molecule has 5 atom stereocenters. The summed E-state index contributed by atoms with van der Waals surface area (Å²) >= 11 is 0. The number of ether oxygens (including phenoxy) is 2. The van der Waals surface area contributed by atoms with Crippen LogP contribution in [-0.4, -0.2) is 30.4 Å². The van der Waals surface area contributed by atoms with E-state index in [9.17, 15) is 9.59 Å². The van der Waals surface area contributed by atoms with Crippen LogP contribution in [0.4, 0.5) is 0 Å². The number of hydrogen-bond acceptors (Lipinski definition) is 4. The molecule has 2 heterocycles. The Kier molecular flexibility index (Phi) is 3.33. The summed E-state index contributed by atoms with van der Waals surface area (Å²) in [5.74, 6) is 5.02. The first-order chi connectivity index (χ1) is 11.5. The lowest BCUT2D eigenvalue weighted by Gasteiger charge is -2.27. The summed E-state index contributed by atoms with van der Waals surface area (Å²) in [4.78, 5) is 26.1. The van der Waals surface area contributed by atoms with E-state index in [4.69, 9.17) is 9.47 Å². The molecule has 2 saturated heterocycles. The average molecular weight is 324 g/mol. The van der Waals surface area contributed by atoms with Crippen molar-refractivity contribution in [3.05, 3.63) is 29.3 Å². The Morgan fingerprint density at radius 3 is 2.75 bits per heavy atom. The summed E-state index contributed by atoms with van der Waals surface area (Å²) in [6, 6.07) is 5.45. The maximum absolute atomic E-state index is 13.1. The van der Waals surface area contributed by atoms with Gasteiger partial charge in [0.25, 0.3) is 0 Å². The fourth-order valence-corrected chi connectivity index (χ4v) is 4.78. The van der Waals surface area contributed by atoms with E-state index in [-0.39, 0.29) is 29.5 Å². The number of fused-ring (bicyclic) bond motifs is 5. The zero-order chi connectivity index (χ0) is 17.1. The highest BCUT2D eigenvalue weighted by atomic mass is 16.5. The predicted octanol–water partition coefficient (Wildman–Crippen LogP) is 2.49. The Hall–Kier alpha value is -2.12. The SMILES string of the molecule is CC#Cc1ccc(C2C(=O)[C@H]3[C@@H]4CC[C@@](C)(O4)[C@H]3C2=O)c(OC)c1. The molecule has 4 heteroatoms. The number of hydrogen-bond donors (Lipinski definition) is 0. The van der Waals surface area contributed by atoms with E-state index >= 15 is 0 Å². The number of carbonyl (C=O) groups excluding carboxylic acids is 2. The molecule has 1 saturated carbocycles. The molecule has 1 aromatic carbocycles. The van der Waals surface area contributed by atoms with Gasteiger partial charge in [0.15, 0.2) is 11.6 Å². The maximum atomic E-state index is 13.1. The molecule has 3 fully saturated rings. The fraction of sp³-hybridized carbons (Fsp3) is 0.500. The molecule has 4 nitrogen and oxygen atoms in total. The predicted molar refractivity (Wildman–Crippen MR) is 87.8 cm³/mol. The Labute approximate surface area is 141 Å². The Morgan fingerprint density at radius 2 is 2.08 bits per heavy atom. The van der Waals surface area contributed by atoms with E-state index in [1.54, 1.807) is 20.1 Å². The zero-order valence-electron chi connectivity index (χ0n) is 14.1. The summed E-state index contributed by atoms with van der Waals surface area (Å²) in [5, 5.41) is 0. The summed E-state index contributed by atoms with van der Waals surface area (Å²) in [6.45, 7) is 3.74. The van der Waals surface area contributed by atoms with Crippen LogP contribution in [0.2, 0.25) is 0 Å². The van der Waals surface area contributed by atoms with Crippen molar-refractivity contribution in [1.29, 1.82) is 0 Å². The lowest BCUT2D eigenvalue weighted by Crippen LogP contribution is -2.37. The molecule has 2 aliphatic heterocycles. The van der Waals surface area contributed by atoms with Crippen molar-refractivity contribution in [3.63, 3.8) is 0 Å². The molecule has 0 spiro atoms. The molecule has 0 aromatic heterocycles. The van der Waals surface area contributed by atoms with Crippen LogP contribution >= 0.6 is 0 Å². The third kappa shape index (κ3) is 1.91. The normalized spacial score (nSPS) is 36.5. The smallest absolute Gasteiger partial charge is 0.154 e. The second-order valence-corrected chi connectivity index (χ2v) is 7.08. The largest absolute Gasteiger partial charge is 0.496 e. The minimum atomic E-state index is -0.734. The number of methoxy groups -OCH3 is 1.